The highest BCUT2D eigenvalue weighted by Crippen LogP contribution is 2.33. The SMILES string of the molecule is Cc1ccc(C(F)(F)F)cc1Nc1nc(C(=O)NS(=O)(=O)N2CCC(C#N)C2)co1. The number of hydrogen-bond donors (Lipinski definition) is 2. The first kappa shape index (κ1) is 21.6. The molecule has 3 rings (SSSR count). The van der Waals surface area contributed by atoms with Crippen LogP contribution in [-0.4, -0.2) is 36.7 Å². The van der Waals surface area contributed by atoms with Crippen molar-refractivity contribution in [2.24, 2.45) is 5.92 Å². The van der Waals surface area contributed by atoms with Crippen molar-refractivity contribution >= 4 is 27.8 Å². The van der Waals surface area contributed by atoms with E-state index in [1.54, 1.807) is 6.92 Å². The average Bonchev–Trinajstić information content (AvgIpc) is 3.32. The maximum Gasteiger partial charge on any atom is 0.416 e. The van der Waals surface area contributed by atoms with Gasteiger partial charge in [-0.1, -0.05) is 6.07 Å². The third-order valence-electron chi connectivity index (χ3n) is 4.44. The number of aryl methyl sites for hydroxylation is 1. The number of nitrogens with one attached hydrogen (secondary N) is 2. The molecule has 30 heavy (non-hydrogen) atoms. The van der Waals surface area contributed by atoms with Gasteiger partial charge in [0.15, 0.2) is 5.69 Å². The van der Waals surface area contributed by atoms with Crippen molar-refractivity contribution in [2.75, 3.05) is 18.4 Å². The molecule has 0 aliphatic carbocycles. The molecule has 2 aromatic rings. The molecule has 13 heteroatoms. The van der Waals surface area contributed by atoms with E-state index in [4.69, 9.17) is 9.68 Å². The molecule has 0 spiro atoms. The van der Waals surface area contributed by atoms with E-state index in [9.17, 15) is 26.4 Å². The summed E-state index contributed by atoms with van der Waals surface area (Å²) in [7, 11) is -4.17. The molecule has 1 aromatic heterocycles. The highest BCUT2D eigenvalue weighted by atomic mass is 32.2. The van der Waals surface area contributed by atoms with Crippen LogP contribution in [0.3, 0.4) is 0 Å². The molecule has 0 saturated carbocycles. The second kappa shape index (κ2) is 7.96. The number of alkyl halides is 3. The van der Waals surface area contributed by atoms with E-state index < -0.39 is 33.8 Å². The third kappa shape index (κ3) is 4.71. The number of carbonyl (C=O) groups excluding carboxylic acids is 1. The van der Waals surface area contributed by atoms with Gasteiger partial charge in [0.25, 0.3) is 11.9 Å². The number of halogens is 3. The molecule has 1 aliphatic rings. The fourth-order valence-corrected chi connectivity index (χ4v) is 3.96. The van der Waals surface area contributed by atoms with Crippen molar-refractivity contribution in [1.82, 2.24) is 14.0 Å². The van der Waals surface area contributed by atoms with Crippen molar-refractivity contribution < 1.29 is 30.8 Å². The van der Waals surface area contributed by atoms with E-state index in [1.165, 1.54) is 6.07 Å². The number of rotatable bonds is 5. The Labute approximate surface area is 169 Å². The van der Waals surface area contributed by atoms with Crippen molar-refractivity contribution in [2.45, 2.75) is 19.5 Å². The van der Waals surface area contributed by atoms with Crippen LogP contribution in [-0.2, 0) is 16.4 Å². The largest absolute Gasteiger partial charge is 0.431 e. The number of nitrogens with zero attached hydrogens (tertiary/aromatic N) is 3. The molecular weight excluding hydrogens is 427 g/mol. The zero-order valence-corrected chi connectivity index (χ0v) is 16.3. The lowest BCUT2D eigenvalue weighted by atomic mass is 10.1. The van der Waals surface area contributed by atoms with Gasteiger partial charge in [-0.15, -0.1) is 0 Å². The molecule has 9 nitrogen and oxygen atoms in total. The predicted molar refractivity (Wildman–Crippen MR) is 97.6 cm³/mol. The molecule has 1 aliphatic heterocycles. The highest BCUT2D eigenvalue weighted by molar-refractivity contribution is 7.87. The Hall–Kier alpha value is -3.11. The molecule has 160 valence electrons. The van der Waals surface area contributed by atoms with Gasteiger partial charge in [0.05, 0.1) is 17.6 Å². The normalized spacial score (nSPS) is 17.5. The van der Waals surface area contributed by atoms with Crippen LogP contribution in [0, 0.1) is 24.2 Å². The van der Waals surface area contributed by atoms with E-state index in [1.807, 2.05) is 10.8 Å². The molecule has 1 amide bonds. The second-order valence-electron chi connectivity index (χ2n) is 6.60. The molecule has 0 radical (unpaired) electrons. The summed E-state index contributed by atoms with van der Waals surface area (Å²) in [5, 5.41) is 11.4. The molecular formula is C17H16F3N5O4S. The van der Waals surface area contributed by atoms with Gasteiger partial charge >= 0.3 is 16.4 Å². The Kier molecular flexibility index (Phi) is 5.73. The zero-order chi connectivity index (χ0) is 22.1. The van der Waals surface area contributed by atoms with Gasteiger partial charge < -0.3 is 9.73 Å². The lowest BCUT2D eigenvalue weighted by molar-refractivity contribution is -0.137. The number of aromatic nitrogens is 1. The maximum atomic E-state index is 12.9. The van der Waals surface area contributed by atoms with Crippen molar-refractivity contribution in [3.05, 3.63) is 41.3 Å². The van der Waals surface area contributed by atoms with Crippen LogP contribution in [0.1, 0.15) is 28.0 Å². The van der Waals surface area contributed by atoms with Gasteiger partial charge in [-0.05, 0) is 31.0 Å². The van der Waals surface area contributed by atoms with Crippen LogP contribution >= 0.6 is 0 Å². The lowest BCUT2D eigenvalue weighted by Gasteiger charge is -2.15. The standard InChI is InChI=1S/C17H16F3N5O4S/c1-10-2-3-12(17(18,19)20)6-13(10)22-16-23-14(9-29-16)15(26)24-30(27,28)25-5-4-11(7-21)8-25/h2-3,6,9,11H,4-5,8H2,1H3,(H,22,23)(H,24,26). The monoisotopic (exact) mass is 443 g/mol. The fraction of sp³-hybridized carbons (Fsp3) is 0.353. The Morgan fingerprint density at radius 1 is 1.40 bits per heavy atom. The molecule has 1 unspecified atom stereocenters. The molecule has 1 fully saturated rings. The number of benzene rings is 1. The first-order valence-electron chi connectivity index (χ1n) is 8.62. The predicted octanol–water partition coefficient (Wildman–Crippen LogP) is 2.57. The minimum Gasteiger partial charge on any atom is -0.431 e. The van der Waals surface area contributed by atoms with Crippen LogP contribution < -0.4 is 10.0 Å². The Balaban J connectivity index is 1.71. The first-order chi connectivity index (χ1) is 14.0. The second-order valence-corrected chi connectivity index (χ2v) is 8.27. The van der Waals surface area contributed by atoms with E-state index in [-0.39, 0.29) is 30.5 Å². The van der Waals surface area contributed by atoms with Crippen LogP contribution in [0.4, 0.5) is 24.9 Å². The lowest BCUT2D eigenvalue weighted by Crippen LogP contribution is -2.42. The van der Waals surface area contributed by atoms with Crippen molar-refractivity contribution in [3.63, 3.8) is 0 Å². The number of nitriles is 1. The summed E-state index contributed by atoms with van der Waals surface area (Å²) >= 11 is 0. The summed E-state index contributed by atoms with van der Waals surface area (Å²) in [6, 6.07) is 4.74. The van der Waals surface area contributed by atoms with Gasteiger partial charge in [-0.25, -0.2) is 4.72 Å². The number of hydrogen-bond acceptors (Lipinski definition) is 7. The van der Waals surface area contributed by atoms with E-state index in [0.29, 0.717) is 12.0 Å². The van der Waals surface area contributed by atoms with Gasteiger partial charge in [0.2, 0.25) is 0 Å². The minimum atomic E-state index is -4.54. The van der Waals surface area contributed by atoms with E-state index >= 15 is 0 Å². The summed E-state index contributed by atoms with van der Waals surface area (Å²) in [5.74, 6) is -1.52. The average molecular weight is 443 g/mol. The van der Waals surface area contributed by atoms with Gasteiger partial charge in [0.1, 0.15) is 6.26 Å². The summed E-state index contributed by atoms with van der Waals surface area (Å²) in [4.78, 5) is 16.0. The van der Waals surface area contributed by atoms with E-state index in [0.717, 1.165) is 22.7 Å². The maximum absolute atomic E-state index is 12.9. The molecule has 1 aromatic carbocycles. The van der Waals surface area contributed by atoms with Crippen molar-refractivity contribution in [3.8, 4) is 6.07 Å². The molecule has 1 atom stereocenters. The number of oxazole rings is 1. The third-order valence-corrected chi connectivity index (χ3v) is 5.89. The van der Waals surface area contributed by atoms with Crippen LogP contribution in [0.25, 0.3) is 0 Å². The van der Waals surface area contributed by atoms with E-state index in [2.05, 4.69) is 10.3 Å². The van der Waals surface area contributed by atoms with Crippen LogP contribution in [0.2, 0.25) is 0 Å². The summed E-state index contributed by atoms with van der Waals surface area (Å²) < 4.78 is 71.0. The van der Waals surface area contributed by atoms with Crippen molar-refractivity contribution in [1.29, 1.82) is 5.26 Å². The number of carbonyl (C=O) groups is 1. The smallest absolute Gasteiger partial charge is 0.416 e. The topological polar surface area (TPSA) is 128 Å². The Morgan fingerprint density at radius 3 is 2.77 bits per heavy atom. The molecule has 2 N–H and O–H groups in total. The quantitative estimate of drug-likeness (QED) is 0.727. The summed E-state index contributed by atoms with van der Waals surface area (Å²) in [5.41, 5.74) is -0.740. The van der Waals surface area contributed by atoms with Crippen LogP contribution in [0.5, 0.6) is 0 Å². The molecule has 2 heterocycles. The van der Waals surface area contributed by atoms with Gasteiger partial charge in [-0.3, -0.25) is 4.79 Å². The Bertz CT molecular complexity index is 1110. The van der Waals surface area contributed by atoms with Crippen LogP contribution in [0.15, 0.2) is 28.9 Å². The Morgan fingerprint density at radius 2 is 2.13 bits per heavy atom. The fourth-order valence-electron chi connectivity index (χ4n) is 2.77. The number of amides is 1. The minimum absolute atomic E-state index is 0.0282. The first-order valence-corrected chi connectivity index (χ1v) is 10.1. The highest BCUT2D eigenvalue weighted by Gasteiger charge is 2.33. The zero-order valence-electron chi connectivity index (χ0n) is 15.5. The summed E-state index contributed by atoms with van der Waals surface area (Å²) in [6.45, 7) is 1.64. The number of anilines is 2. The van der Waals surface area contributed by atoms with Gasteiger partial charge in [0, 0.05) is 18.8 Å². The summed E-state index contributed by atoms with van der Waals surface area (Å²) in [6.07, 6.45) is -3.31. The molecule has 1 saturated heterocycles. The molecule has 0 bridgehead atoms. The van der Waals surface area contributed by atoms with Gasteiger partial charge in [-0.2, -0.15) is 36.1 Å².